The molecule has 0 aromatic heterocycles. The van der Waals surface area contributed by atoms with Gasteiger partial charge in [-0.3, -0.25) is 14.5 Å². The monoisotopic (exact) mass is 563 g/mol. The number of ether oxygens (including phenoxy) is 3. The Morgan fingerprint density at radius 3 is 2.46 bits per heavy atom. The van der Waals surface area contributed by atoms with Crippen molar-refractivity contribution >= 4 is 46.3 Å². The summed E-state index contributed by atoms with van der Waals surface area (Å²) < 4.78 is 18.4. The molecule has 1 fully saturated rings. The Morgan fingerprint density at radius 2 is 1.74 bits per heavy atom. The minimum Gasteiger partial charge on any atom is -0.496 e. The summed E-state index contributed by atoms with van der Waals surface area (Å²) in [5, 5.41) is 9.11. The number of hydrogen-bond donors (Lipinski definition) is 1. The number of carbonyl (C=O) groups is 2. The van der Waals surface area contributed by atoms with Crippen LogP contribution < -0.4 is 14.2 Å². The molecule has 7 nitrogen and oxygen atoms in total. The molecule has 39 heavy (non-hydrogen) atoms. The molecule has 0 aliphatic carbocycles. The van der Waals surface area contributed by atoms with Gasteiger partial charge in [0.1, 0.15) is 22.7 Å². The molecule has 9 heteroatoms. The molecule has 3 aromatic carbocycles. The first-order valence-electron chi connectivity index (χ1n) is 12.3. The molecule has 1 aliphatic heterocycles. The number of para-hydroxylation sites is 1. The summed E-state index contributed by atoms with van der Waals surface area (Å²) in [7, 11) is 1.62. The van der Waals surface area contributed by atoms with E-state index in [9.17, 15) is 9.59 Å². The lowest BCUT2D eigenvalue weighted by atomic mass is 10.0. The molecular formula is C30H29NO6S2. The predicted octanol–water partition coefficient (Wildman–Crippen LogP) is 6.30. The Hall–Kier alpha value is -3.82. The summed E-state index contributed by atoms with van der Waals surface area (Å²) in [5.74, 6) is 0.372. The van der Waals surface area contributed by atoms with E-state index in [1.165, 1.54) is 5.56 Å². The highest BCUT2D eigenvalue weighted by atomic mass is 32.2. The molecule has 2 atom stereocenters. The van der Waals surface area contributed by atoms with Crippen LogP contribution in [0.5, 0.6) is 17.2 Å². The molecule has 1 unspecified atom stereocenters. The summed E-state index contributed by atoms with van der Waals surface area (Å²) in [4.78, 5) is 25.3. The number of aliphatic carboxylic acids is 1. The number of hydrogen-bond acceptors (Lipinski definition) is 7. The Balaban J connectivity index is 1.62. The van der Waals surface area contributed by atoms with E-state index in [4.69, 9.17) is 31.5 Å². The van der Waals surface area contributed by atoms with E-state index in [0.29, 0.717) is 34.3 Å². The highest BCUT2D eigenvalue weighted by Crippen LogP contribution is 2.38. The van der Waals surface area contributed by atoms with Crippen molar-refractivity contribution in [3.8, 4) is 17.2 Å². The summed E-state index contributed by atoms with van der Waals surface area (Å²) >= 11 is 6.29. The number of benzene rings is 3. The second kappa shape index (κ2) is 12.8. The number of carboxylic acids is 1. The van der Waals surface area contributed by atoms with Crippen molar-refractivity contribution < 1.29 is 28.9 Å². The van der Waals surface area contributed by atoms with Crippen LogP contribution in [-0.4, -0.2) is 46.5 Å². The van der Waals surface area contributed by atoms with Gasteiger partial charge in [0.2, 0.25) is 0 Å². The summed E-state index contributed by atoms with van der Waals surface area (Å²) in [6.45, 7) is 3.99. The predicted molar refractivity (Wildman–Crippen MR) is 156 cm³/mol. The topological polar surface area (TPSA) is 85.3 Å². The van der Waals surface area contributed by atoms with Gasteiger partial charge in [0.25, 0.3) is 5.91 Å². The van der Waals surface area contributed by atoms with E-state index in [2.05, 4.69) is 19.1 Å². The van der Waals surface area contributed by atoms with Gasteiger partial charge in [-0.05, 0) is 42.3 Å². The Morgan fingerprint density at radius 1 is 1.03 bits per heavy atom. The third kappa shape index (κ3) is 6.99. The van der Waals surface area contributed by atoms with Gasteiger partial charge in [-0.15, -0.1) is 0 Å². The molecular weight excluding hydrogens is 534 g/mol. The van der Waals surface area contributed by atoms with E-state index < -0.39 is 18.4 Å². The number of nitrogens with zero attached hydrogens (tertiary/aromatic N) is 1. The Labute approximate surface area is 237 Å². The number of methoxy groups -OCH3 is 1. The van der Waals surface area contributed by atoms with Crippen LogP contribution >= 0.6 is 24.0 Å². The fourth-order valence-corrected chi connectivity index (χ4v) is 5.35. The normalized spacial score (nSPS) is 15.8. The molecule has 4 rings (SSSR count). The molecule has 1 saturated heterocycles. The van der Waals surface area contributed by atoms with Crippen molar-refractivity contribution in [2.45, 2.75) is 25.9 Å². The standard InChI is InChI=1S/C30H29NO6S2/c1-19(22-9-5-4-6-10-22)18-36-25-14-13-21(16-27-29(34)31(17-28(32)33)30(38)39-27)15-26(25)37-20(2)23-11-7-8-12-24(23)35-3/h4-16,19-20H,17-18H2,1-3H3,(H,32,33)/b27-16-/t19-,20?/m1/s1. The largest absolute Gasteiger partial charge is 0.496 e. The average Bonchev–Trinajstić information content (AvgIpc) is 3.19. The second-order valence-electron chi connectivity index (χ2n) is 8.99. The second-order valence-corrected chi connectivity index (χ2v) is 10.7. The van der Waals surface area contributed by atoms with Gasteiger partial charge in [-0.25, -0.2) is 0 Å². The van der Waals surface area contributed by atoms with Crippen LogP contribution in [0, 0.1) is 0 Å². The lowest BCUT2D eigenvalue weighted by molar-refractivity contribution is -0.140. The fourth-order valence-electron chi connectivity index (χ4n) is 4.10. The van der Waals surface area contributed by atoms with Crippen molar-refractivity contribution in [1.82, 2.24) is 4.90 Å². The zero-order valence-electron chi connectivity index (χ0n) is 21.8. The third-order valence-electron chi connectivity index (χ3n) is 6.17. The quantitative estimate of drug-likeness (QED) is 0.215. The van der Waals surface area contributed by atoms with E-state index in [0.717, 1.165) is 22.2 Å². The van der Waals surface area contributed by atoms with Crippen LogP contribution in [-0.2, 0) is 9.59 Å². The summed E-state index contributed by atoms with van der Waals surface area (Å²) in [6.07, 6.45) is 1.32. The molecule has 0 spiro atoms. The Kier molecular flexibility index (Phi) is 9.27. The minimum absolute atomic E-state index is 0.154. The van der Waals surface area contributed by atoms with Gasteiger partial charge in [-0.2, -0.15) is 0 Å². The van der Waals surface area contributed by atoms with Gasteiger partial charge >= 0.3 is 5.97 Å². The highest BCUT2D eigenvalue weighted by Gasteiger charge is 2.33. The van der Waals surface area contributed by atoms with E-state index >= 15 is 0 Å². The van der Waals surface area contributed by atoms with Gasteiger partial charge in [0, 0.05) is 11.5 Å². The fraction of sp³-hybridized carbons (Fsp3) is 0.233. The first-order chi connectivity index (χ1) is 18.8. The highest BCUT2D eigenvalue weighted by molar-refractivity contribution is 8.26. The minimum atomic E-state index is -1.13. The molecule has 3 aromatic rings. The molecule has 202 valence electrons. The van der Waals surface area contributed by atoms with E-state index in [-0.39, 0.29) is 16.3 Å². The molecule has 0 bridgehead atoms. The summed E-state index contributed by atoms with van der Waals surface area (Å²) in [5.41, 5.74) is 2.74. The van der Waals surface area contributed by atoms with Gasteiger partial charge in [0.15, 0.2) is 11.5 Å². The zero-order valence-corrected chi connectivity index (χ0v) is 23.5. The van der Waals surface area contributed by atoms with Crippen LogP contribution in [0.1, 0.15) is 42.6 Å². The van der Waals surface area contributed by atoms with E-state index in [1.54, 1.807) is 19.3 Å². The maximum Gasteiger partial charge on any atom is 0.323 e. The third-order valence-corrected chi connectivity index (χ3v) is 7.55. The van der Waals surface area contributed by atoms with Crippen molar-refractivity contribution in [3.05, 3.63) is 94.4 Å². The van der Waals surface area contributed by atoms with Crippen LogP contribution in [0.3, 0.4) is 0 Å². The lowest BCUT2D eigenvalue weighted by Crippen LogP contribution is -2.33. The first kappa shape index (κ1) is 28.2. The number of amides is 1. The number of carbonyl (C=O) groups excluding carboxylic acids is 1. The van der Waals surface area contributed by atoms with Crippen LogP contribution in [0.2, 0.25) is 0 Å². The maximum absolute atomic E-state index is 12.8. The SMILES string of the molecule is COc1ccccc1C(C)Oc1cc(/C=C2\SC(=S)N(CC(=O)O)C2=O)ccc1OC[C@@H](C)c1ccccc1. The van der Waals surface area contributed by atoms with Crippen molar-refractivity contribution in [2.75, 3.05) is 20.3 Å². The number of carboxylic acid groups (broad SMARTS) is 1. The number of thioether (sulfide) groups is 1. The Bertz CT molecular complexity index is 1390. The van der Waals surface area contributed by atoms with Crippen LogP contribution in [0.25, 0.3) is 6.08 Å². The molecule has 0 saturated carbocycles. The molecule has 1 N–H and O–H groups in total. The van der Waals surface area contributed by atoms with Gasteiger partial charge in [-0.1, -0.05) is 85.5 Å². The van der Waals surface area contributed by atoms with Crippen molar-refractivity contribution in [3.63, 3.8) is 0 Å². The molecule has 1 amide bonds. The van der Waals surface area contributed by atoms with Gasteiger partial charge < -0.3 is 19.3 Å². The first-order valence-corrected chi connectivity index (χ1v) is 13.6. The maximum atomic E-state index is 12.8. The van der Waals surface area contributed by atoms with Crippen molar-refractivity contribution in [2.24, 2.45) is 0 Å². The summed E-state index contributed by atoms with van der Waals surface area (Å²) in [6, 6.07) is 23.2. The van der Waals surface area contributed by atoms with E-state index in [1.807, 2.05) is 61.5 Å². The van der Waals surface area contributed by atoms with Crippen molar-refractivity contribution in [1.29, 1.82) is 0 Å². The van der Waals surface area contributed by atoms with Gasteiger partial charge in [0.05, 0.1) is 18.6 Å². The number of rotatable bonds is 11. The zero-order chi connectivity index (χ0) is 27.9. The molecule has 1 aliphatic rings. The lowest BCUT2D eigenvalue weighted by Gasteiger charge is -2.21. The number of thiocarbonyl (C=S) groups is 1. The molecule has 1 heterocycles. The average molecular weight is 564 g/mol. The van der Waals surface area contributed by atoms with Crippen LogP contribution in [0.4, 0.5) is 0 Å². The molecule has 0 radical (unpaired) electrons. The smallest absolute Gasteiger partial charge is 0.323 e. The van der Waals surface area contributed by atoms with Crippen LogP contribution in [0.15, 0.2) is 77.7 Å².